The smallest absolute Gasteiger partial charge is 0.242 e. The molecule has 1 unspecified atom stereocenters. The summed E-state index contributed by atoms with van der Waals surface area (Å²) in [5, 5.41) is 2.94. The van der Waals surface area contributed by atoms with Crippen LogP contribution in [-0.4, -0.2) is 19.6 Å². The summed E-state index contributed by atoms with van der Waals surface area (Å²) < 4.78 is 5.48. The SMILES string of the molecule is CCCOc1ccc(C(C)(NC)C(N)=O)cc1. The number of benzene rings is 1. The van der Waals surface area contributed by atoms with Crippen LogP contribution in [0, 0.1) is 0 Å². The van der Waals surface area contributed by atoms with E-state index < -0.39 is 11.4 Å². The van der Waals surface area contributed by atoms with Gasteiger partial charge < -0.3 is 15.8 Å². The first-order valence-electron chi connectivity index (χ1n) is 5.76. The van der Waals surface area contributed by atoms with Crippen LogP contribution < -0.4 is 15.8 Å². The van der Waals surface area contributed by atoms with Gasteiger partial charge in [-0.1, -0.05) is 19.1 Å². The molecule has 1 amide bonds. The molecule has 0 heterocycles. The van der Waals surface area contributed by atoms with Gasteiger partial charge in [-0.25, -0.2) is 0 Å². The summed E-state index contributed by atoms with van der Waals surface area (Å²) in [5.41, 5.74) is 5.39. The first-order chi connectivity index (χ1) is 8.04. The van der Waals surface area contributed by atoms with Crippen LogP contribution in [-0.2, 0) is 10.3 Å². The van der Waals surface area contributed by atoms with Gasteiger partial charge in [-0.15, -0.1) is 0 Å². The maximum absolute atomic E-state index is 11.4. The van der Waals surface area contributed by atoms with Gasteiger partial charge in [-0.05, 0) is 38.1 Å². The van der Waals surface area contributed by atoms with Crippen molar-refractivity contribution in [3.8, 4) is 5.75 Å². The Balaban J connectivity index is 2.89. The largest absolute Gasteiger partial charge is 0.494 e. The van der Waals surface area contributed by atoms with Crippen molar-refractivity contribution in [2.45, 2.75) is 25.8 Å². The molecule has 0 aliphatic rings. The van der Waals surface area contributed by atoms with Gasteiger partial charge in [0.05, 0.1) is 6.61 Å². The molecule has 0 bridgehead atoms. The van der Waals surface area contributed by atoms with E-state index in [-0.39, 0.29) is 0 Å². The molecule has 1 aromatic rings. The molecular weight excluding hydrogens is 216 g/mol. The zero-order chi connectivity index (χ0) is 12.9. The van der Waals surface area contributed by atoms with E-state index >= 15 is 0 Å². The van der Waals surface area contributed by atoms with Crippen LogP contribution in [0.4, 0.5) is 0 Å². The summed E-state index contributed by atoms with van der Waals surface area (Å²) in [5.74, 6) is 0.403. The zero-order valence-electron chi connectivity index (χ0n) is 10.6. The molecule has 0 aliphatic carbocycles. The molecule has 0 saturated carbocycles. The average Bonchev–Trinajstić information content (AvgIpc) is 2.35. The number of ether oxygens (including phenoxy) is 1. The van der Waals surface area contributed by atoms with Crippen LogP contribution in [0.1, 0.15) is 25.8 Å². The van der Waals surface area contributed by atoms with Crippen LogP contribution in [0.15, 0.2) is 24.3 Å². The number of hydrogen-bond donors (Lipinski definition) is 2. The van der Waals surface area contributed by atoms with Gasteiger partial charge in [0.15, 0.2) is 0 Å². The van der Waals surface area contributed by atoms with Crippen LogP contribution >= 0.6 is 0 Å². The van der Waals surface area contributed by atoms with Crippen LogP contribution in [0.3, 0.4) is 0 Å². The minimum Gasteiger partial charge on any atom is -0.494 e. The van der Waals surface area contributed by atoms with Gasteiger partial charge in [0, 0.05) is 0 Å². The lowest BCUT2D eigenvalue weighted by Gasteiger charge is -2.26. The minimum atomic E-state index is -0.844. The van der Waals surface area contributed by atoms with Gasteiger partial charge in [-0.2, -0.15) is 0 Å². The lowest BCUT2D eigenvalue weighted by atomic mass is 9.91. The van der Waals surface area contributed by atoms with Gasteiger partial charge in [0.2, 0.25) is 5.91 Å². The van der Waals surface area contributed by atoms with Crippen molar-refractivity contribution in [3.63, 3.8) is 0 Å². The third kappa shape index (κ3) is 2.97. The van der Waals surface area contributed by atoms with Crippen LogP contribution in [0.5, 0.6) is 5.75 Å². The van der Waals surface area contributed by atoms with Gasteiger partial charge in [0.1, 0.15) is 11.3 Å². The predicted octanol–water partition coefficient (Wildman–Crippen LogP) is 1.40. The Bertz CT molecular complexity index is 376. The molecule has 3 N–H and O–H groups in total. The van der Waals surface area contributed by atoms with E-state index in [1.54, 1.807) is 14.0 Å². The molecule has 4 heteroatoms. The third-order valence-electron chi connectivity index (χ3n) is 2.90. The van der Waals surface area contributed by atoms with Gasteiger partial charge in [0.25, 0.3) is 0 Å². The van der Waals surface area contributed by atoms with Crippen molar-refractivity contribution in [1.29, 1.82) is 0 Å². The summed E-state index contributed by atoms with van der Waals surface area (Å²) in [6.07, 6.45) is 0.970. The van der Waals surface area contributed by atoms with E-state index in [1.165, 1.54) is 0 Å². The number of rotatable bonds is 6. The molecule has 0 aliphatic heterocycles. The second-order valence-electron chi connectivity index (χ2n) is 4.11. The van der Waals surface area contributed by atoms with E-state index in [0.717, 1.165) is 17.7 Å². The second kappa shape index (κ2) is 5.68. The summed E-state index contributed by atoms with van der Waals surface area (Å²) in [7, 11) is 1.71. The average molecular weight is 236 g/mol. The Hall–Kier alpha value is -1.55. The molecule has 0 radical (unpaired) electrons. The lowest BCUT2D eigenvalue weighted by molar-refractivity contribution is -0.123. The number of primary amides is 1. The maximum Gasteiger partial charge on any atom is 0.242 e. The molecule has 4 nitrogen and oxygen atoms in total. The summed E-state index contributed by atoms with van der Waals surface area (Å²) >= 11 is 0. The van der Waals surface area contributed by atoms with Crippen LogP contribution in [0.25, 0.3) is 0 Å². The highest BCUT2D eigenvalue weighted by molar-refractivity contribution is 5.85. The van der Waals surface area contributed by atoms with Crippen molar-refractivity contribution in [2.75, 3.05) is 13.7 Å². The molecule has 0 aromatic heterocycles. The number of carbonyl (C=O) groups excluding carboxylic acids is 1. The summed E-state index contributed by atoms with van der Waals surface area (Å²) in [6, 6.07) is 7.41. The van der Waals surface area contributed by atoms with Gasteiger partial charge >= 0.3 is 0 Å². The Morgan fingerprint density at radius 2 is 2.00 bits per heavy atom. The fourth-order valence-electron chi connectivity index (χ4n) is 1.51. The number of nitrogens with two attached hydrogens (primary N) is 1. The van der Waals surface area contributed by atoms with E-state index in [0.29, 0.717) is 6.61 Å². The highest BCUT2D eigenvalue weighted by Gasteiger charge is 2.30. The Morgan fingerprint density at radius 1 is 1.41 bits per heavy atom. The Kier molecular flexibility index (Phi) is 4.52. The van der Waals surface area contributed by atoms with Crippen molar-refractivity contribution < 1.29 is 9.53 Å². The maximum atomic E-state index is 11.4. The number of carbonyl (C=O) groups is 1. The monoisotopic (exact) mass is 236 g/mol. The van der Waals surface area contributed by atoms with E-state index in [9.17, 15) is 4.79 Å². The fraction of sp³-hybridized carbons (Fsp3) is 0.462. The molecular formula is C13H20N2O2. The van der Waals surface area contributed by atoms with Crippen LogP contribution in [0.2, 0.25) is 0 Å². The molecule has 1 aromatic carbocycles. The lowest BCUT2D eigenvalue weighted by Crippen LogP contribution is -2.48. The highest BCUT2D eigenvalue weighted by atomic mass is 16.5. The second-order valence-corrected chi connectivity index (χ2v) is 4.11. The summed E-state index contributed by atoms with van der Waals surface area (Å²) in [4.78, 5) is 11.4. The first-order valence-corrected chi connectivity index (χ1v) is 5.76. The van der Waals surface area contributed by atoms with Gasteiger partial charge in [-0.3, -0.25) is 4.79 Å². The standard InChI is InChI=1S/C13H20N2O2/c1-4-9-17-11-7-5-10(6-8-11)13(2,15-3)12(14)16/h5-8,15H,4,9H2,1-3H3,(H2,14,16). The Morgan fingerprint density at radius 3 is 2.41 bits per heavy atom. The zero-order valence-corrected chi connectivity index (χ0v) is 10.6. The van der Waals surface area contributed by atoms with E-state index in [2.05, 4.69) is 12.2 Å². The Labute approximate surface area is 102 Å². The molecule has 0 saturated heterocycles. The molecule has 1 atom stereocenters. The number of hydrogen-bond acceptors (Lipinski definition) is 3. The normalized spacial score (nSPS) is 14.1. The number of nitrogens with one attached hydrogen (secondary N) is 1. The molecule has 0 spiro atoms. The number of amides is 1. The fourth-order valence-corrected chi connectivity index (χ4v) is 1.51. The predicted molar refractivity (Wildman–Crippen MR) is 67.8 cm³/mol. The molecule has 0 fully saturated rings. The number of likely N-dealkylation sites (N-methyl/N-ethyl adjacent to an activating group) is 1. The first kappa shape index (κ1) is 13.5. The van der Waals surface area contributed by atoms with E-state index in [1.807, 2.05) is 24.3 Å². The van der Waals surface area contributed by atoms with Crippen molar-refractivity contribution in [3.05, 3.63) is 29.8 Å². The summed E-state index contributed by atoms with van der Waals surface area (Å²) in [6.45, 7) is 4.51. The van der Waals surface area contributed by atoms with E-state index in [4.69, 9.17) is 10.5 Å². The highest BCUT2D eigenvalue weighted by Crippen LogP contribution is 2.22. The topological polar surface area (TPSA) is 64.3 Å². The minimum absolute atomic E-state index is 0.401. The van der Waals surface area contributed by atoms with Crippen molar-refractivity contribution in [2.24, 2.45) is 5.73 Å². The third-order valence-corrected chi connectivity index (χ3v) is 2.90. The molecule has 17 heavy (non-hydrogen) atoms. The molecule has 94 valence electrons. The van der Waals surface area contributed by atoms with Crippen molar-refractivity contribution >= 4 is 5.91 Å². The van der Waals surface area contributed by atoms with Crippen molar-refractivity contribution in [1.82, 2.24) is 5.32 Å². The quantitative estimate of drug-likeness (QED) is 0.784. The molecule has 1 rings (SSSR count).